The van der Waals surface area contributed by atoms with Gasteiger partial charge in [-0.05, 0) is 104 Å². The highest BCUT2D eigenvalue weighted by atomic mass is 35.5. The van der Waals surface area contributed by atoms with Crippen LogP contribution in [-0.2, 0) is 45.3 Å². The van der Waals surface area contributed by atoms with Crippen LogP contribution in [0.5, 0.6) is 5.75 Å². The van der Waals surface area contributed by atoms with E-state index >= 15 is 0 Å². The predicted molar refractivity (Wildman–Crippen MR) is 203 cm³/mol. The molecule has 4 aliphatic rings. The molecule has 3 aliphatic heterocycles. The first kappa shape index (κ1) is 36.7. The molecule has 1 N–H and O–H groups in total. The van der Waals surface area contributed by atoms with Crippen molar-refractivity contribution in [3.8, 4) is 5.75 Å². The summed E-state index contributed by atoms with van der Waals surface area (Å²) in [5.41, 5.74) is 4.82. The maximum Gasteiger partial charge on any atom is 0.286 e. The van der Waals surface area contributed by atoms with Crippen LogP contribution in [0.3, 0.4) is 0 Å². The number of allylic oxidation sites excluding steroid dienone is 1. The smallest absolute Gasteiger partial charge is 0.286 e. The fourth-order valence-corrected chi connectivity index (χ4v) is 10.2. The molecular weight excluding hydrogens is 700 g/mol. The van der Waals surface area contributed by atoms with Gasteiger partial charge in [0.25, 0.3) is 11.8 Å². The molecule has 1 aliphatic carbocycles. The van der Waals surface area contributed by atoms with Gasteiger partial charge in [-0.3, -0.25) is 14.3 Å². The summed E-state index contributed by atoms with van der Waals surface area (Å²) in [5.74, 6) is 0.0737. The molecule has 52 heavy (non-hydrogen) atoms. The van der Waals surface area contributed by atoms with Gasteiger partial charge in [-0.2, -0.15) is 0 Å². The van der Waals surface area contributed by atoms with Crippen molar-refractivity contribution in [2.45, 2.75) is 77.2 Å². The van der Waals surface area contributed by atoms with Crippen molar-refractivity contribution in [1.82, 2.24) is 9.29 Å². The van der Waals surface area contributed by atoms with Crippen LogP contribution in [0, 0.1) is 17.8 Å². The zero-order valence-corrected chi connectivity index (χ0v) is 31.8. The Morgan fingerprint density at radius 1 is 1.06 bits per heavy atom. The number of nitrogens with one attached hydrogen (secondary N) is 1. The van der Waals surface area contributed by atoms with Crippen LogP contribution >= 0.6 is 11.6 Å². The first-order valence-corrected chi connectivity index (χ1v) is 20.5. The van der Waals surface area contributed by atoms with E-state index < -0.39 is 21.7 Å². The largest absolute Gasteiger partial charge is 0.491 e. The average Bonchev–Trinajstić information content (AvgIpc) is 3.68. The van der Waals surface area contributed by atoms with Crippen LogP contribution < -0.4 is 14.4 Å². The predicted octanol–water partition coefficient (Wildman–Crippen LogP) is 7.02. The standard InChI is InChI=1S/C40H49ClN4O6S/c1-26-7-6-9-37(50-3)35-14-11-30(35)22-45-21-29-10-13-32(41)17-27(29)8-4-5-16-51-38-15-12-28(19-36(38)45)39(46)42-52(48,25-26)43-40(47)31-18-33-20-34(49-2)24-44(33)23-31/h6,9-10,12-13,15,17-19,23,26,30,34-35,37H,4-5,7-8,11,14,16,20-22,24-25H2,1-3H3,(H,42,43,46,47,48)/b9-6+/t26-,30-,34?,35+,37-,52?/m0/s1. The molecule has 1 saturated carbocycles. The lowest BCUT2D eigenvalue weighted by molar-refractivity contribution is 0.0133. The number of methoxy groups -OCH3 is 2. The molecule has 0 spiro atoms. The number of fused-ring (bicyclic) bond motifs is 4. The molecule has 1 aromatic heterocycles. The second-order valence-corrected chi connectivity index (χ2v) is 17.3. The van der Waals surface area contributed by atoms with Gasteiger partial charge in [0.05, 0.1) is 35.8 Å². The van der Waals surface area contributed by atoms with Crippen molar-refractivity contribution in [1.29, 1.82) is 0 Å². The molecule has 0 radical (unpaired) electrons. The van der Waals surface area contributed by atoms with Gasteiger partial charge in [0.2, 0.25) is 0 Å². The van der Waals surface area contributed by atoms with Crippen molar-refractivity contribution in [2.75, 3.05) is 38.0 Å². The van der Waals surface area contributed by atoms with Crippen LogP contribution in [-0.4, -0.2) is 65.9 Å². The second kappa shape index (κ2) is 15.8. The highest BCUT2D eigenvalue weighted by molar-refractivity contribution is 7.92. The minimum atomic E-state index is -3.53. The summed E-state index contributed by atoms with van der Waals surface area (Å²) >= 11 is 6.48. The van der Waals surface area contributed by atoms with Crippen LogP contribution in [0.15, 0.2) is 65.2 Å². The molecule has 2 bridgehead atoms. The van der Waals surface area contributed by atoms with Crippen molar-refractivity contribution in [3.05, 3.63) is 93.8 Å². The summed E-state index contributed by atoms with van der Waals surface area (Å²) in [4.78, 5) is 30.0. The number of halogens is 1. The van der Waals surface area contributed by atoms with E-state index in [9.17, 15) is 13.8 Å². The van der Waals surface area contributed by atoms with Crippen LogP contribution in [0.1, 0.15) is 76.6 Å². The fraction of sp³-hybridized carbons (Fsp3) is 0.500. The third kappa shape index (κ3) is 8.12. The number of amides is 2. The molecule has 6 atom stereocenters. The molecule has 1 fully saturated rings. The Balaban J connectivity index is 1.28. The van der Waals surface area contributed by atoms with Gasteiger partial charge >= 0.3 is 0 Å². The molecule has 12 heteroatoms. The second-order valence-electron chi connectivity index (χ2n) is 14.8. The van der Waals surface area contributed by atoms with Gasteiger partial charge < -0.3 is 23.7 Å². The Bertz CT molecular complexity index is 1940. The number of carbonyl (C=O) groups is 2. The molecule has 10 nitrogen and oxygen atoms in total. The number of aromatic nitrogens is 1. The molecular formula is C40H49ClN4O6S. The van der Waals surface area contributed by atoms with Crippen LogP contribution in [0.25, 0.3) is 0 Å². The van der Waals surface area contributed by atoms with E-state index in [0.717, 1.165) is 50.0 Å². The maximum atomic E-state index is 14.7. The minimum Gasteiger partial charge on any atom is -0.491 e. The third-order valence-electron chi connectivity index (χ3n) is 11.1. The molecule has 7 rings (SSSR count). The number of anilines is 1. The van der Waals surface area contributed by atoms with E-state index in [-0.39, 0.29) is 29.4 Å². The lowest BCUT2D eigenvalue weighted by Gasteiger charge is -2.43. The number of carbonyl (C=O) groups excluding carboxylic acids is 2. The van der Waals surface area contributed by atoms with Crippen molar-refractivity contribution < 1.29 is 28.0 Å². The third-order valence-corrected chi connectivity index (χ3v) is 13.3. The van der Waals surface area contributed by atoms with Gasteiger partial charge in [0, 0.05) is 62.8 Å². The summed E-state index contributed by atoms with van der Waals surface area (Å²) in [5, 5.41) is 0.715. The van der Waals surface area contributed by atoms with E-state index in [1.165, 1.54) is 11.1 Å². The van der Waals surface area contributed by atoms with E-state index in [1.54, 1.807) is 32.5 Å². The quantitative estimate of drug-likeness (QED) is 0.286. The number of rotatable bonds is 4. The molecule has 0 saturated heterocycles. The lowest BCUT2D eigenvalue weighted by atomic mass is 9.70. The fourth-order valence-electron chi connectivity index (χ4n) is 8.07. The molecule has 2 amide bonds. The number of nitrogens with zero attached hydrogens (tertiary/aromatic N) is 3. The van der Waals surface area contributed by atoms with Crippen molar-refractivity contribution >= 4 is 39.0 Å². The van der Waals surface area contributed by atoms with Gasteiger partial charge in [-0.1, -0.05) is 36.7 Å². The van der Waals surface area contributed by atoms with Gasteiger partial charge in [0.1, 0.15) is 15.7 Å². The summed E-state index contributed by atoms with van der Waals surface area (Å²) in [7, 11) is -0.0999. The first-order chi connectivity index (χ1) is 25.1. The monoisotopic (exact) mass is 748 g/mol. The molecule has 4 heterocycles. The van der Waals surface area contributed by atoms with Gasteiger partial charge in [-0.25, -0.2) is 4.21 Å². The summed E-state index contributed by atoms with van der Waals surface area (Å²) in [6, 6.07) is 13.2. The molecule has 3 aromatic rings. The highest BCUT2D eigenvalue weighted by Gasteiger charge is 2.38. The van der Waals surface area contributed by atoms with E-state index in [0.29, 0.717) is 60.7 Å². The van der Waals surface area contributed by atoms with Crippen LogP contribution in [0.4, 0.5) is 5.69 Å². The van der Waals surface area contributed by atoms with E-state index in [4.69, 9.17) is 25.8 Å². The Hall–Kier alpha value is -3.64. The topological polar surface area (TPSA) is 111 Å². The maximum absolute atomic E-state index is 14.7. The number of benzene rings is 2. The normalized spacial score (nSPS) is 28.5. The Labute approximate surface area is 312 Å². The summed E-state index contributed by atoms with van der Waals surface area (Å²) in [6.07, 6.45) is 12.1. The zero-order valence-electron chi connectivity index (χ0n) is 30.2. The number of aryl methyl sites for hydroxylation is 1. The summed E-state index contributed by atoms with van der Waals surface area (Å²) < 4.78 is 41.6. The van der Waals surface area contributed by atoms with E-state index in [1.807, 2.05) is 29.7 Å². The average molecular weight is 749 g/mol. The molecule has 2 aromatic carbocycles. The first-order valence-electron chi connectivity index (χ1n) is 18.4. The lowest BCUT2D eigenvalue weighted by Crippen LogP contribution is -2.43. The van der Waals surface area contributed by atoms with Crippen LogP contribution in [0.2, 0.25) is 5.02 Å². The Morgan fingerprint density at radius 3 is 2.69 bits per heavy atom. The molecule has 2 unspecified atom stereocenters. The highest BCUT2D eigenvalue weighted by Crippen LogP contribution is 2.42. The number of ether oxygens (including phenoxy) is 3. The SMILES string of the molecule is COC1Cc2cc(C(=O)NS3(=O)=NC(=O)c4ccc5c(c4)N(Cc4ccc(Cl)cc4CCCCO5)C[C@@H]4CC[C@H]4[C@@H](OC)/C=C/C[C@H](C)C3)cn2C1. The Morgan fingerprint density at radius 2 is 1.92 bits per heavy atom. The van der Waals surface area contributed by atoms with E-state index in [2.05, 4.69) is 38.3 Å². The number of hydrogen-bond acceptors (Lipinski definition) is 7. The van der Waals surface area contributed by atoms with Gasteiger partial charge in [-0.15, -0.1) is 4.36 Å². The van der Waals surface area contributed by atoms with Crippen molar-refractivity contribution in [2.24, 2.45) is 22.1 Å². The Kier molecular flexibility index (Phi) is 11.1. The summed E-state index contributed by atoms with van der Waals surface area (Å²) in [6.45, 7) is 4.48. The zero-order chi connectivity index (χ0) is 36.4. The van der Waals surface area contributed by atoms with Gasteiger partial charge in [0.15, 0.2) is 0 Å². The number of hydrogen-bond donors (Lipinski definition) is 1. The minimum absolute atomic E-state index is 0.0113. The van der Waals surface area contributed by atoms with Crippen molar-refractivity contribution in [3.63, 3.8) is 0 Å². The molecule has 278 valence electrons.